The summed E-state index contributed by atoms with van der Waals surface area (Å²) in [5, 5.41) is 14.5. The molecule has 0 radical (unpaired) electrons. The van der Waals surface area contributed by atoms with Gasteiger partial charge in [0, 0.05) is 27.5 Å². The second kappa shape index (κ2) is 11.2. The summed E-state index contributed by atoms with van der Waals surface area (Å²) in [6.45, 7) is 4.68. The molecule has 0 aliphatic heterocycles. The lowest BCUT2D eigenvalue weighted by atomic mass is 10.0. The largest absolute Gasteiger partial charge is 0.465 e. The molecule has 2 aromatic carbocycles. The van der Waals surface area contributed by atoms with Gasteiger partial charge in [-0.3, -0.25) is 4.79 Å². The standard InChI is InChI=1S/C25H23BrN4O3S2/c1-4-30-22(17-9-11-18(26)12-10-17)28-29-25(30)35-14-20(31)27-23-21(24(32)33-3)19(13-34-23)16-7-5-15(2)6-8-16/h5-13H,4,14H2,1-3H3,(H,27,31). The summed E-state index contributed by atoms with van der Waals surface area (Å²) in [7, 11) is 1.33. The van der Waals surface area contributed by atoms with Crippen molar-refractivity contribution >= 4 is 55.9 Å². The van der Waals surface area contributed by atoms with Crippen molar-refractivity contribution in [3.05, 3.63) is 69.5 Å². The van der Waals surface area contributed by atoms with E-state index in [1.807, 2.05) is 72.3 Å². The highest BCUT2D eigenvalue weighted by atomic mass is 79.9. The predicted octanol–water partition coefficient (Wildman–Crippen LogP) is 6.28. The van der Waals surface area contributed by atoms with Crippen LogP contribution in [0.3, 0.4) is 0 Å². The van der Waals surface area contributed by atoms with Gasteiger partial charge in [-0.2, -0.15) is 0 Å². The minimum Gasteiger partial charge on any atom is -0.465 e. The smallest absolute Gasteiger partial charge is 0.341 e. The highest BCUT2D eigenvalue weighted by Gasteiger charge is 2.23. The molecule has 4 aromatic rings. The number of anilines is 1. The molecule has 0 fully saturated rings. The molecular weight excluding hydrogens is 548 g/mol. The predicted molar refractivity (Wildman–Crippen MR) is 144 cm³/mol. The molecule has 0 atom stereocenters. The number of nitrogens with zero attached hydrogens (tertiary/aromatic N) is 3. The van der Waals surface area contributed by atoms with Crippen LogP contribution in [0.1, 0.15) is 22.8 Å². The van der Waals surface area contributed by atoms with Crippen molar-refractivity contribution in [3.63, 3.8) is 0 Å². The van der Waals surface area contributed by atoms with Crippen molar-refractivity contribution in [2.24, 2.45) is 0 Å². The number of thioether (sulfide) groups is 1. The first-order chi connectivity index (χ1) is 16.9. The van der Waals surface area contributed by atoms with Crippen LogP contribution in [0.4, 0.5) is 5.00 Å². The first-order valence-corrected chi connectivity index (χ1v) is 13.5. The molecule has 0 unspecified atom stereocenters. The number of halogens is 1. The van der Waals surface area contributed by atoms with Crippen molar-refractivity contribution in [1.29, 1.82) is 0 Å². The van der Waals surface area contributed by atoms with E-state index in [9.17, 15) is 9.59 Å². The highest BCUT2D eigenvalue weighted by Crippen LogP contribution is 2.36. The molecular formula is C25H23BrN4O3S2. The molecule has 0 spiro atoms. The van der Waals surface area contributed by atoms with Gasteiger partial charge in [-0.15, -0.1) is 21.5 Å². The number of amides is 1. The van der Waals surface area contributed by atoms with Crippen LogP contribution in [0.25, 0.3) is 22.5 Å². The van der Waals surface area contributed by atoms with Crippen LogP contribution in [0.15, 0.2) is 63.5 Å². The maximum Gasteiger partial charge on any atom is 0.341 e. The van der Waals surface area contributed by atoms with Crippen LogP contribution in [0, 0.1) is 6.92 Å². The maximum absolute atomic E-state index is 12.8. The van der Waals surface area contributed by atoms with Gasteiger partial charge in [0.15, 0.2) is 11.0 Å². The number of nitrogens with one attached hydrogen (secondary N) is 1. The average Bonchev–Trinajstić information content (AvgIpc) is 3.47. The van der Waals surface area contributed by atoms with Crippen molar-refractivity contribution in [2.45, 2.75) is 25.5 Å². The zero-order valence-electron chi connectivity index (χ0n) is 19.4. The summed E-state index contributed by atoms with van der Waals surface area (Å²) >= 11 is 6.04. The first kappa shape index (κ1) is 25.2. The molecule has 0 saturated carbocycles. The number of esters is 1. The van der Waals surface area contributed by atoms with E-state index in [2.05, 4.69) is 31.4 Å². The SMILES string of the molecule is CCn1c(SCC(=O)Nc2scc(-c3ccc(C)cc3)c2C(=O)OC)nnc1-c1ccc(Br)cc1. The fourth-order valence-electron chi connectivity index (χ4n) is 3.49. The molecule has 0 aliphatic carbocycles. The topological polar surface area (TPSA) is 86.1 Å². The van der Waals surface area contributed by atoms with Gasteiger partial charge in [-0.1, -0.05) is 69.7 Å². The first-order valence-electron chi connectivity index (χ1n) is 10.8. The number of aromatic nitrogens is 3. The van der Waals surface area contributed by atoms with Gasteiger partial charge in [-0.25, -0.2) is 4.79 Å². The number of benzene rings is 2. The van der Waals surface area contributed by atoms with E-state index >= 15 is 0 Å². The summed E-state index contributed by atoms with van der Waals surface area (Å²) in [4.78, 5) is 25.4. The van der Waals surface area contributed by atoms with Crippen LogP contribution in [-0.2, 0) is 16.1 Å². The molecule has 0 aliphatic rings. The Balaban J connectivity index is 1.50. The van der Waals surface area contributed by atoms with Crippen molar-refractivity contribution in [2.75, 3.05) is 18.2 Å². The monoisotopic (exact) mass is 570 g/mol. The Labute approximate surface area is 220 Å². The number of thiophene rings is 1. The molecule has 180 valence electrons. The minimum absolute atomic E-state index is 0.122. The Morgan fingerprint density at radius 2 is 1.77 bits per heavy atom. The number of rotatable bonds is 8. The fraction of sp³-hybridized carbons (Fsp3) is 0.200. The van der Waals surface area contributed by atoms with Gasteiger partial charge in [-0.05, 0) is 31.5 Å². The molecule has 0 saturated heterocycles. The third-order valence-corrected chi connectivity index (χ3v) is 7.65. The van der Waals surface area contributed by atoms with Gasteiger partial charge in [0.2, 0.25) is 5.91 Å². The van der Waals surface area contributed by atoms with Gasteiger partial charge in [0.05, 0.1) is 12.9 Å². The molecule has 7 nitrogen and oxygen atoms in total. The molecule has 1 amide bonds. The van der Waals surface area contributed by atoms with Crippen LogP contribution >= 0.6 is 39.0 Å². The molecule has 0 bridgehead atoms. The van der Waals surface area contributed by atoms with Gasteiger partial charge >= 0.3 is 5.97 Å². The number of ether oxygens (including phenoxy) is 1. The Hall–Kier alpha value is -2.95. The van der Waals surface area contributed by atoms with E-state index in [4.69, 9.17) is 4.74 Å². The number of hydrogen-bond acceptors (Lipinski definition) is 7. The second-order valence-corrected chi connectivity index (χ2v) is 10.3. The van der Waals surface area contributed by atoms with Crippen LogP contribution in [-0.4, -0.2) is 39.5 Å². The van der Waals surface area contributed by atoms with E-state index < -0.39 is 5.97 Å². The summed E-state index contributed by atoms with van der Waals surface area (Å²) in [6, 6.07) is 15.7. The van der Waals surface area contributed by atoms with Gasteiger partial charge < -0.3 is 14.6 Å². The van der Waals surface area contributed by atoms with E-state index in [1.54, 1.807) is 0 Å². The van der Waals surface area contributed by atoms with E-state index in [-0.39, 0.29) is 11.7 Å². The van der Waals surface area contributed by atoms with Gasteiger partial charge in [0.25, 0.3) is 0 Å². The number of hydrogen-bond donors (Lipinski definition) is 1. The quantitative estimate of drug-likeness (QED) is 0.198. The molecule has 2 aromatic heterocycles. The zero-order chi connectivity index (χ0) is 24.9. The second-order valence-electron chi connectivity index (χ2n) is 7.61. The lowest BCUT2D eigenvalue weighted by Crippen LogP contribution is -2.16. The number of carbonyl (C=O) groups excluding carboxylic acids is 2. The number of carbonyl (C=O) groups is 2. The normalized spacial score (nSPS) is 10.9. The summed E-state index contributed by atoms with van der Waals surface area (Å²) in [5.41, 5.74) is 4.04. The van der Waals surface area contributed by atoms with Gasteiger partial charge in [0.1, 0.15) is 10.6 Å². The molecule has 1 N–H and O–H groups in total. The molecule has 10 heteroatoms. The summed E-state index contributed by atoms with van der Waals surface area (Å²) in [6.07, 6.45) is 0. The maximum atomic E-state index is 12.8. The lowest BCUT2D eigenvalue weighted by molar-refractivity contribution is -0.113. The fourth-order valence-corrected chi connectivity index (χ4v) is 5.53. The van der Waals surface area contributed by atoms with E-state index in [0.717, 1.165) is 32.6 Å². The van der Waals surface area contributed by atoms with Crippen LogP contribution in [0.2, 0.25) is 0 Å². The number of methoxy groups -OCH3 is 1. The third-order valence-electron chi connectivity index (χ3n) is 5.26. The Kier molecular flexibility index (Phi) is 8.04. The van der Waals surface area contributed by atoms with Crippen LogP contribution < -0.4 is 5.32 Å². The Bertz CT molecular complexity index is 1350. The number of aryl methyl sites for hydroxylation is 1. The zero-order valence-corrected chi connectivity index (χ0v) is 22.6. The summed E-state index contributed by atoms with van der Waals surface area (Å²) < 4.78 is 7.96. The van der Waals surface area contributed by atoms with Crippen molar-refractivity contribution < 1.29 is 14.3 Å². The van der Waals surface area contributed by atoms with Crippen molar-refractivity contribution in [3.8, 4) is 22.5 Å². The van der Waals surface area contributed by atoms with Crippen LogP contribution in [0.5, 0.6) is 0 Å². The minimum atomic E-state index is -0.491. The molecule has 35 heavy (non-hydrogen) atoms. The average molecular weight is 572 g/mol. The summed E-state index contributed by atoms with van der Waals surface area (Å²) in [5.74, 6) is 0.136. The Morgan fingerprint density at radius 3 is 2.43 bits per heavy atom. The highest BCUT2D eigenvalue weighted by molar-refractivity contribution is 9.10. The molecule has 4 rings (SSSR count). The Morgan fingerprint density at radius 1 is 1.09 bits per heavy atom. The molecule has 2 heterocycles. The van der Waals surface area contributed by atoms with Crippen molar-refractivity contribution in [1.82, 2.24) is 14.8 Å². The third kappa shape index (κ3) is 5.66. The van der Waals surface area contributed by atoms with E-state index in [1.165, 1.54) is 30.2 Å². The van der Waals surface area contributed by atoms with E-state index in [0.29, 0.717) is 22.3 Å². The lowest BCUT2D eigenvalue weighted by Gasteiger charge is -2.09.